The molecule has 6 heavy (non-hydrogen) atoms. The van der Waals surface area contributed by atoms with Crippen molar-refractivity contribution in [2.45, 2.75) is 13.8 Å². The summed E-state index contributed by atoms with van der Waals surface area (Å²) < 4.78 is 0. The SMILES string of the molecule is C[C-]=O.[CH2-]C.[W+2]. The van der Waals surface area contributed by atoms with Gasteiger partial charge in [0.25, 0.3) is 0 Å². The molecule has 0 aromatic carbocycles. The molecule has 0 saturated carbocycles. The van der Waals surface area contributed by atoms with Gasteiger partial charge in [0, 0.05) is 0 Å². The summed E-state index contributed by atoms with van der Waals surface area (Å²) in [5.74, 6) is 0. The van der Waals surface area contributed by atoms with Crippen LogP contribution in [-0.2, 0) is 25.9 Å². The van der Waals surface area contributed by atoms with Crippen molar-refractivity contribution in [3.63, 3.8) is 0 Å². The van der Waals surface area contributed by atoms with Crippen molar-refractivity contribution in [3.8, 4) is 0 Å². The summed E-state index contributed by atoms with van der Waals surface area (Å²) in [6.07, 6.45) is 1.50. The van der Waals surface area contributed by atoms with E-state index in [0.29, 0.717) is 0 Å². The Bertz CT molecular complexity index is 15.0. The van der Waals surface area contributed by atoms with Gasteiger partial charge in [0.05, 0.1) is 0 Å². The number of hydrogen-bond acceptors (Lipinski definition) is 1. The zero-order chi connectivity index (χ0) is 4.71. The van der Waals surface area contributed by atoms with E-state index in [0.717, 1.165) is 0 Å². The van der Waals surface area contributed by atoms with Crippen molar-refractivity contribution in [3.05, 3.63) is 6.92 Å². The number of rotatable bonds is 0. The van der Waals surface area contributed by atoms with Crippen molar-refractivity contribution < 1.29 is 25.9 Å². The maximum absolute atomic E-state index is 8.68. The fourth-order valence-electron chi connectivity index (χ4n) is 0. The standard InChI is InChI=1S/C2H3O.C2H5.W/c1-2-3;1-2;/h1H3;1H2,2H3;/q2*-1;+2. The summed E-state index contributed by atoms with van der Waals surface area (Å²) in [5, 5.41) is 0. The first-order valence-electron chi connectivity index (χ1n) is 1.41. The summed E-state index contributed by atoms with van der Waals surface area (Å²) in [6, 6.07) is 0. The Kier molecular flexibility index (Phi) is 149. The average Bonchev–Trinajstić information content (AvgIpc) is 1.46. The van der Waals surface area contributed by atoms with Crippen LogP contribution >= 0.6 is 0 Å². The Hall–Kier alpha value is 0.358. The molecule has 0 atom stereocenters. The first-order chi connectivity index (χ1) is 2.41. The molecule has 0 amide bonds. The van der Waals surface area contributed by atoms with Crippen LogP contribution in [0.25, 0.3) is 0 Å². The minimum absolute atomic E-state index is 0. The van der Waals surface area contributed by atoms with Crippen LogP contribution in [0.1, 0.15) is 13.8 Å². The molecule has 0 spiro atoms. The van der Waals surface area contributed by atoms with E-state index in [9.17, 15) is 0 Å². The van der Waals surface area contributed by atoms with Crippen LogP contribution in [0.3, 0.4) is 0 Å². The molecule has 0 aliphatic rings. The zero-order valence-corrected chi connectivity index (χ0v) is 6.96. The van der Waals surface area contributed by atoms with Gasteiger partial charge in [0.2, 0.25) is 0 Å². The largest absolute Gasteiger partial charge is 2.00 e. The number of hydrogen-bond donors (Lipinski definition) is 0. The fourth-order valence-corrected chi connectivity index (χ4v) is 0. The molecule has 0 aliphatic heterocycles. The third kappa shape index (κ3) is 383. The molecule has 0 bridgehead atoms. The first-order valence-corrected chi connectivity index (χ1v) is 1.41. The molecule has 0 N–H and O–H groups in total. The molecule has 2 heteroatoms. The summed E-state index contributed by atoms with van der Waals surface area (Å²) in [4.78, 5) is 8.68. The molecule has 0 radical (unpaired) electrons. The van der Waals surface area contributed by atoms with Crippen molar-refractivity contribution in [1.82, 2.24) is 0 Å². The normalized spacial score (nSPS) is 3.17. The van der Waals surface area contributed by atoms with E-state index >= 15 is 0 Å². The molecule has 1 nitrogen and oxygen atoms in total. The zero-order valence-electron chi connectivity index (χ0n) is 4.02. The van der Waals surface area contributed by atoms with Crippen LogP contribution in [0.15, 0.2) is 0 Å². The molecule has 36 valence electrons. The van der Waals surface area contributed by atoms with Crippen molar-refractivity contribution in [1.29, 1.82) is 0 Å². The third-order valence-corrected chi connectivity index (χ3v) is 0. The monoisotopic (exact) mass is 256 g/mol. The smallest absolute Gasteiger partial charge is 0.542 e. The molecule has 0 heterocycles. The van der Waals surface area contributed by atoms with Crippen LogP contribution in [0.2, 0.25) is 0 Å². The van der Waals surface area contributed by atoms with Crippen LogP contribution in [0, 0.1) is 6.92 Å². The van der Waals surface area contributed by atoms with Gasteiger partial charge >= 0.3 is 21.1 Å². The van der Waals surface area contributed by atoms with Gasteiger partial charge in [-0.2, -0.15) is 13.8 Å². The first kappa shape index (κ1) is 16.2. The Morgan fingerprint density at radius 1 is 1.50 bits per heavy atom. The van der Waals surface area contributed by atoms with E-state index < -0.39 is 0 Å². The van der Waals surface area contributed by atoms with Gasteiger partial charge in [-0.05, 0) is 0 Å². The summed E-state index contributed by atoms with van der Waals surface area (Å²) in [6.45, 7) is 6.32. The molecule has 0 aliphatic carbocycles. The van der Waals surface area contributed by atoms with Crippen molar-refractivity contribution in [2.24, 2.45) is 0 Å². The molecular weight excluding hydrogens is 248 g/mol. The van der Waals surface area contributed by atoms with Gasteiger partial charge in [-0.3, -0.25) is 6.29 Å². The predicted octanol–water partition coefficient (Wildman–Crippen LogP) is 0.954. The Morgan fingerprint density at radius 3 is 1.50 bits per heavy atom. The average molecular weight is 256 g/mol. The number of carbonyl (C=O) groups excluding carboxylic acids is 1. The maximum Gasteiger partial charge on any atom is 2.00 e. The quantitative estimate of drug-likeness (QED) is 0.590. The van der Waals surface area contributed by atoms with Gasteiger partial charge < -0.3 is 11.7 Å². The molecule has 0 unspecified atom stereocenters. The van der Waals surface area contributed by atoms with E-state index in [2.05, 4.69) is 6.92 Å². The van der Waals surface area contributed by atoms with Crippen LogP contribution in [0.5, 0.6) is 0 Å². The molecule has 0 aromatic heterocycles. The van der Waals surface area contributed by atoms with E-state index in [-0.39, 0.29) is 21.1 Å². The summed E-state index contributed by atoms with van der Waals surface area (Å²) >= 11 is 0. The minimum atomic E-state index is 0. The second-order valence-electron chi connectivity index (χ2n) is 0.204. The van der Waals surface area contributed by atoms with Crippen LogP contribution < -0.4 is 0 Å². The second-order valence-corrected chi connectivity index (χ2v) is 0.204. The molecule has 0 fully saturated rings. The molecular formula is C4H8OW. The predicted molar refractivity (Wildman–Crippen MR) is 22.4 cm³/mol. The topological polar surface area (TPSA) is 17.1 Å². The maximum atomic E-state index is 8.68. The van der Waals surface area contributed by atoms with Gasteiger partial charge in [-0.1, -0.05) is 0 Å². The third-order valence-electron chi connectivity index (χ3n) is 0. The summed E-state index contributed by atoms with van der Waals surface area (Å²) in [5.41, 5.74) is 0. The van der Waals surface area contributed by atoms with Gasteiger partial charge in [-0.15, -0.1) is 0 Å². The Labute approximate surface area is 53.4 Å². The van der Waals surface area contributed by atoms with Crippen molar-refractivity contribution in [2.75, 3.05) is 0 Å². The molecule has 0 rings (SSSR count). The Balaban J connectivity index is -0.0000000275. The van der Waals surface area contributed by atoms with Gasteiger partial charge in [0.15, 0.2) is 0 Å². The summed E-state index contributed by atoms with van der Waals surface area (Å²) in [7, 11) is 0. The van der Waals surface area contributed by atoms with Crippen molar-refractivity contribution >= 4 is 6.29 Å². The van der Waals surface area contributed by atoms with E-state index in [1.807, 2.05) is 0 Å². The van der Waals surface area contributed by atoms with E-state index in [1.54, 1.807) is 6.92 Å². The van der Waals surface area contributed by atoms with E-state index in [1.165, 1.54) is 13.2 Å². The van der Waals surface area contributed by atoms with Crippen LogP contribution in [-0.4, -0.2) is 6.29 Å². The Morgan fingerprint density at radius 2 is 1.50 bits per heavy atom. The van der Waals surface area contributed by atoms with Gasteiger partial charge in [0.1, 0.15) is 0 Å². The minimum Gasteiger partial charge on any atom is -0.542 e. The fraction of sp³-hybridized carbons (Fsp3) is 0.500. The molecule has 0 aromatic rings. The van der Waals surface area contributed by atoms with E-state index in [4.69, 9.17) is 4.79 Å². The second kappa shape index (κ2) is 55.2. The van der Waals surface area contributed by atoms with Gasteiger partial charge in [-0.25, -0.2) is 0 Å². The molecule has 0 saturated heterocycles. The van der Waals surface area contributed by atoms with Crippen LogP contribution in [0.4, 0.5) is 0 Å².